The molecule has 0 bridgehead atoms. The Labute approximate surface area is 250 Å². The Morgan fingerprint density at radius 2 is 1.88 bits per heavy atom. The molecular formula is C27H30F2N8O4S2. The minimum atomic E-state index is -4.14. The number of carbonyl (C=O) groups is 1. The van der Waals surface area contributed by atoms with Gasteiger partial charge in [0.05, 0.1) is 22.2 Å². The van der Waals surface area contributed by atoms with Crippen molar-refractivity contribution in [1.29, 1.82) is 5.26 Å². The van der Waals surface area contributed by atoms with Crippen molar-refractivity contribution in [3.05, 3.63) is 23.0 Å². The number of halogens is 2. The summed E-state index contributed by atoms with van der Waals surface area (Å²) in [5.41, 5.74) is -0.385. The molecule has 4 aliphatic rings. The molecule has 12 nitrogen and oxygen atoms in total. The van der Waals surface area contributed by atoms with Crippen molar-refractivity contribution in [3.8, 4) is 11.2 Å². The van der Waals surface area contributed by atoms with Crippen LogP contribution in [0.1, 0.15) is 68.1 Å². The second-order valence-corrected chi connectivity index (χ2v) is 14.4. The number of methoxy groups -OCH3 is 1. The number of carbonyl (C=O) groups excluding carboxylic acids is 1. The summed E-state index contributed by atoms with van der Waals surface area (Å²) in [4.78, 5) is 21.8. The van der Waals surface area contributed by atoms with Gasteiger partial charge in [0.1, 0.15) is 22.5 Å². The van der Waals surface area contributed by atoms with Crippen molar-refractivity contribution >= 4 is 44.0 Å². The smallest absolute Gasteiger partial charge is 0.291 e. The molecule has 3 aromatic rings. The summed E-state index contributed by atoms with van der Waals surface area (Å²) < 4.78 is 64.1. The van der Waals surface area contributed by atoms with Crippen LogP contribution in [0, 0.1) is 11.3 Å². The standard InChI is InChI=1S/C27H30F2N8O4S2/c1-41-27(7-8-27)24(38)36-11-9-35(10-12-36)18-13-17(43(39,40)34-26(15-30)5-6-26)14-19-20(18)31-22(16-3-2-4-16)37(19)25-33-32-23(42-25)21(28)29/h13-14,16,21,34H,2-12H2,1H3. The third-order valence-corrected chi connectivity index (χ3v) is 11.4. The van der Waals surface area contributed by atoms with Gasteiger partial charge in [-0.25, -0.2) is 22.2 Å². The Morgan fingerprint density at radius 1 is 1.16 bits per heavy atom. The molecule has 2 aromatic heterocycles. The van der Waals surface area contributed by atoms with Gasteiger partial charge >= 0.3 is 0 Å². The van der Waals surface area contributed by atoms with E-state index < -0.39 is 32.6 Å². The number of benzene rings is 1. The molecule has 1 amide bonds. The highest BCUT2D eigenvalue weighted by atomic mass is 32.2. The SMILES string of the molecule is COC1(C(=O)N2CCN(c3cc(S(=O)(=O)NC4(C#N)CC4)cc4c3nc(C3CCC3)n4-c3nnc(C(F)F)s3)CC2)CC1. The summed E-state index contributed by atoms with van der Waals surface area (Å²) in [5, 5.41) is 17.0. The minimum Gasteiger partial charge on any atom is -0.368 e. The maximum absolute atomic E-state index is 13.7. The van der Waals surface area contributed by atoms with Crippen LogP contribution < -0.4 is 9.62 Å². The highest BCUT2D eigenvalue weighted by Crippen LogP contribution is 2.44. The van der Waals surface area contributed by atoms with Gasteiger partial charge in [0.2, 0.25) is 15.2 Å². The number of imidazole rings is 1. The molecule has 1 aliphatic heterocycles. The van der Waals surface area contributed by atoms with Gasteiger partial charge < -0.3 is 14.5 Å². The first-order valence-electron chi connectivity index (χ1n) is 14.3. The average Bonchev–Trinajstić information content (AvgIpc) is 3.84. The van der Waals surface area contributed by atoms with E-state index in [0.29, 0.717) is 74.4 Å². The number of sulfonamides is 1. The molecule has 0 unspecified atom stereocenters. The number of anilines is 1. The lowest BCUT2D eigenvalue weighted by Crippen LogP contribution is -2.52. The first kappa shape index (κ1) is 28.5. The monoisotopic (exact) mass is 632 g/mol. The molecule has 3 heterocycles. The van der Waals surface area contributed by atoms with Crippen LogP contribution in [0.3, 0.4) is 0 Å². The lowest BCUT2D eigenvalue weighted by atomic mass is 9.85. The van der Waals surface area contributed by atoms with Crippen molar-refractivity contribution in [2.24, 2.45) is 0 Å². The van der Waals surface area contributed by atoms with Crippen LogP contribution in [0.2, 0.25) is 0 Å². The third kappa shape index (κ3) is 4.86. The van der Waals surface area contributed by atoms with Gasteiger partial charge in [0, 0.05) is 39.2 Å². The van der Waals surface area contributed by atoms with E-state index in [-0.39, 0.29) is 21.9 Å². The number of hydrogen-bond acceptors (Lipinski definition) is 10. The molecule has 3 aliphatic carbocycles. The van der Waals surface area contributed by atoms with Crippen molar-refractivity contribution in [2.75, 3.05) is 38.2 Å². The number of piperazine rings is 1. The zero-order valence-corrected chi connectivity index (χ0v) is 25.1. The first-order valence-corrected chi connectivity index (χ1v) is 16.6. The fraction of sp³-hybridized carbons (Fsp3) is 0.593. The number of rotatable bonds is 9. The van der Waals surface area contributed by atoms with E-state index in [1.165, 1.54) is 6.07 Å². The zero-order chi connectivity index (χ0) is 30.1. The number of hydrogen-bond donors (Lipinski definition) is 1. The number of nitrogens with zero attached hydrogens (tertiary/aromatic N) is 7. The van der Waals surface area contributed by atoms with Gasteiger partial charge in [-0.2, -0.15) is 9.98 Å². The number of ether oxygens (including phenoxy) is 1. The summed E-state index contributed by atoms with van der Waals surface area (Å²) >= 11 is 0.745. The predicted octanol–water partition coefficient (Wildman–Crippen LogP) is 3.24. The van der Waals surface area contributed by atoms with Gasteiger partial charge in [-0.05, 0) is 50.7 Å². The van der Waals surface area contributed by atoms with E-state index in [0.717, 1.165) is 30.6 Å². The fourth-order valence-corrected chi connectivity index (χ4v) is 7.97. The summed E-state index contributed by atoms with van der Waals surface area (Å²) in [7, 11) is -2.59. The highest BCUT2D eigenvalue weighted by molar-refractivity contribution is 7.89. The molecule has 43 heavy (non-hydrogen) atoms. The van der Waals surface area contributed by atoms with Crippen LogP contribution in [-0.2, 0) is 19.6 Å². The molecule has 7 rings (SSSR count). The van der Waals surface area contributed by atoms with Crippen molar-refractivity contribution < 1.29 is 26.7 Å². The molecule has 1 saturated heterocycles. The average molecular weight is 633 g/mol. The second kappa shape index (κ2) is 10.1. The van der Waals surface area contributed by atoms with E-state index in [1.54, 1.807) is 22.6 Å². The fourth-order valence-electron chi connectivity index (χ4n) is 5.83. The Kier molecular flexibility index (Phi) is 6.73. The second-order valence-electron chi connectivity index (χ2n) is 11.7. The van der Waals surface area contributed by atoms with E-state index in [4.69, 9.17) is 9.72 Å². The Morgan fingerprint density at radius 3 is 2.42 bits per heavy atom. The van der Waals surface area contributed by atoms with E-state index >= 15 is 0 Å². The Balaban J connectivity index is 1.33. The maximum atomic E-state index is 13.7. The number of aromatic nitrogens is 4. The van der Waals surface area contributed by atoms with Crippen LogP contribution in [0.4, 0.5) is 14.5 Å². The van der Waals surface area contributed by atoms with Gasteiger partial charge in [-0.15, -0.1) is 10.2 Å². The first-order chi connectivity index (χ1) is 20.6. The number of nitrogens with one attached hydrogen (secondary N) is 1. The quantitative estimate of drug-likeness (QED) is 0.376. The van der Waals surface area contributed by atoms with E-state index in [9.17, 15) is 27.3 Å². The largest absolute Gasteiger partial charge is 0.368 e. The molecule has 0 atom stereocenters. The van der Waals surface area contributed by atoms with Crippen molar-refractivity contribution in [2.45, 2.75) is 73.3 Å². The van der Waals surface area contributed by atoms with Gasteiger partial charge in [0.25, 0.3) is 12.3 Å². The van der Waals surface area contributed by atoms with E-state index in [2.05, 4.69) is 21.0 Å². The number of alkyl halides is 2. The van der Waals surface area contributed by atoms with Gasteiger partial charge in [-0.3, -0.25) is 9.36 Å². The molecule has 0 radical (unpaired) electrons. The van der Waals surface area contributed by atoms with Crippen LogP contribution in [-0.4, -0.2) is 83.4 Å². The molecule has 0 spiro atoms. The van der Waals surface area contributed by atoms with Gasteiger partial charge in [-0.1, -0.05) is 17.8 Å². The summed E-state index contributed by atoms with van der Waals surface area (Å²) in [6, 6.07) is 5.09. The lowest BCUT2D eigenvalue weighted by molar-refractivity contribution is -0.144. The molecule has 16 heteroatoms. The molecule has 4 fully saturated rings. The summed E-state index contributed by atoms with van der Waals surface area (Å²) in [5.74, 6) is 0.653. The summed E-state index contributed by atoms with van der Waals surface area (Å²) in [6.07, 6.45) is 2.15. The zero-order valence-electron chi connectivity index (χ0n) is 23.4. The van der Waals surface area contributed by atoms with Crippen LogP contribution in [0.15, 0.2) is 17.0 Å². The Hall–Kier alpha value is -3.26. The summed E-state index contributed by atoms with van der Waals surface area (Å²) in [6.45, 7) is 1.70. The molecular weight excluding hydrogens is 602 g/mol. The van der Waals surface area contributed by atoms with Crippen LogP contribution in [0.25, 0.3) is 16.2 Å². The normalized spacial score (nSPS) is 21.2. The highest BCUT2D eigenvalue weighted by Gasteiger charge is 2.53. The maximum Gasteiger partial charge on any atom is 0.291 e. The van der Waals surface area contributed by atoms with Crippen LogP contribution >= 0.6 is 11.3 Å². The molecule has 3 saturated carbocycles. The Bertz CT molecular complexity index is 1750. The molecule has 228 valence electrons. The predicted molar refractivity (Wildman–Crippen MR) is 152 cm³/mol. The minimum absolute atomic E-state index is 0.0331. The van der Waals surface area contributed by atoms with Crippen molar-refractivity contribution in [3.63, 3.8) is 0 Å². The lowest BCUT2D eigenvalue weighted by Gasteiger charge is -2.37. The third-order valence-electron chi connectivity index (χ3n) is 9.01. The van der Waals surface area contributed by atoms with Crippen LogP contribution in [0.5, 0.6) is 0 Å². The number of amides is 1. The number of fused-ring (bicyclic) bond motifs is 1. The van der Waals surface area contributed by atoms with Crippen molar-refractivity contribution in [1.82, 2.24) is 29.4 Å². The molecule has 1 aromatic carbocycles. The van der Waals surface area contributed by atoms with Gasteiger partial charge in [0.15, 0.2) is 5.01 Å². The molecule has 1 N–H and O–H groups in total. The van der Waals surface area contributed by atoms with E-state index in [1.807, 2.05) is 4.90 Å². The number of nitriles is 1. The topological polar surface area (TPSA) is 146 Å².